The van der Waals surface area contributed by atoms with Gasteiger partial charge in [-0.25, -0.2) is 24.9 Å². The largest absolute Gasteiger partial charge is 0.456 e. The first-order valence-corrected chi connectivity index (χ1v) is 15.4. The van der Waals surface area contributed by atoms with Crippen molar-refractivity contribution in [3.63, 3.8) is 0 Å². The first-order chi connectivity index (χ1) is 23.2. The molecule has 220 valence electrons. The fourth-order valence-corrected chi connectivity index (χ4v) is 6.01. The molecule has 0 atom stereocenters. The van der Waals surface area contributed by atoms with E-state index in [0.717, 1.165) is 55.1 Å². The fraction of sp³-hybridized carbons (Fsp3) is 0. The van der Waals surface area contributed by atoms with Gasteiger partial charge in [0.15, 0.2) is 23.3 Å². The predicted octanol–water partition coefficient (Wildman–Crippen LogP) is 10.0. The summed E-state index contributed by atoms with van der Waals surface area (Å²) in [5.74, 6) is 2.30. The average molecular weight is 604 g/mol. The molecule has 0 N–H and O–H groups in total. The number of para-hydroxylation sites is 1. The van der Waals surface area contributed by atoms with Crippen molar-refractivity contribution in [2.24, 2.45) is 0 Å². The van der Waals surface area contributed by atoms with E-state index in [1.54, 1.807) is 12.4 Å². The highest BCUT2D eigenvalue weighted by Crippen LogP contribution is 2.34. The first kappa shape index (κ1) is 26.8. The van der Waals surface area contributed by atoms with Gasteiger partial charge in [-0.1, -0.05) is 109 Å². The Hall–Kier alpha value is -6.53. The van der Waals surface area contributed by atoms with Crippen molar-refractivity contribution in [1.29, 1.82) is 0 Å². The van der Waals surface area contributed by atoms with Gasteiger partial charge in [-0.05, 0) is 52.2 Å². The standard InChI is InChI=1S/C41H25N5O/c1-2-10-27(11-3-1)39-44-40(31-14-8-13-29(22-31)30-19-20-35-34-15-6-7-16-36(34)47-37(35)23-30)46-41(45-39)33-24-42-38(43-25-33)32-18-17-26-9-4-5-12-28(26)21-32/h1-25H. The summed E-state index contributed by atoms with van der Waals surface area (Å²) >= 11 is 0. The van der Waals surface area contributed by atoms with Gasteiger partial charge in [0, 0.05) is 39.9 Å². The van der Waals surface area contributed by atoms with Crippen molar-refractivity contribution in [1.82, 2.24) is 24.9 Å². The zero-order valence-corrected chi connectivity index (χ0v) is 25.1. The molecule has 0 aliphatic rings. The van der Waals surface area contributed by atoms with Gasteiger partial charge in [-0.2, -0.15) is 0 Å². The number of nitrogens with zero attached hydrogens (tertiary/aromatic N) is 5. The zero-order valence-electron chi connectivity index (χ0n) is 25.1. The third-order valence-corrected chi connectivity index (χ3v) is 8.42. The summed E-state index contributed by atoms with van der Waals surface area (Å²) in [7, 11) is 0. The molecule has 9 aromatic rings. The van der Waals surface area contributed by atoms with Gasteiger partial charge in [-0.3, -0.25) is 0 Å². The van der Waals surface area contributed by atoms with Gasteiger partial charge in [0.05, 0.1) is 5.56 Å². The Labute approximate surface area is 270 Å². The Kier molecular flexibility index (Phi) is 6.35. The van der Waals surface area contributed by atoms with Gasteiger partial charge in [0.25, 0.3) is 0 Å². The zero-order chi connectivity index (χ0) is 31.2. The molecule has 0 aliphatic carbocycles. The third kappa shape index (κ3) is 4.98. The molecule has 6 nitrogen and oxygen atoms in total. The number of fused-ring (bicyclic) bond motifs is 4. The van der Waals surface area contributed by atoms with Crippen LogP contribution in [-0.2, 0) is 0 Å². The van der Waals surface area contributed by atoms with Crippen molar-refractivity contribution in [3.8, 4) is 56.7 Å². The lowest BCUT2D eigenvalue weighted by Gasteiger charge is -2.10. The summed E-state index contributed by atoms with van der Waals surface area (Å²) < 4.78 is 6.17. The van der Waals surface area contributed by atoms with E-state index in [0.29, 0.717) is 28.9 Å². The van der Waals surface area contributed by atoms with E-state index in [-0.39, 0.29) is 0 Å². The molecule has 0 bridgehead atoms. The van der Waals surface area contributed by atoms with E-state index in [4.69, 9.17) is 29.3 Å². The molecule has 0 saturated carbocycles. The van der Waals surface area contributed by atoms with Gasteiger partial charge in [0.2, 0.25) is 0 Å². The number of furan rings is 1. The maximum atomic E-state index is 6.17. The van der Waals surface area contributed by atoms with Crippen LogP contribution in [0, 0.1) is 0 Å². The first-order valence-electron chi connectivity index (χ1n) is 15.4. The molecule has 47 heavy (non-hydrogen) atoms. The molecule has 3 aromatic heterocycles. The monoisotopic (exact) mass is 603 g/mol. The Morgan fingerprint density at radius 3 is 1.79 bits per heavy atom. The Morgan fingerprint density at radius 1 is 0.340 bits per heavy atom. The average Bonchev–Trinajstić information content (AvgIpc) is 3.53. The minimum Gasteiger partial charge on any atom is -0.456 e. The second-order valence-corrected chi connectivity index (χ2v) is 11.4. The number of hydrogen-bond acceptors (Lipinski definition) is 6. The lowest BCUT2D eigenvalue weighted by atomic mass is 10.0. The predicted molar refractivity (Wildman–Crippen MR) is 187 cm³/mol. The van der Waals surface area contributed by atoms with E-state index in [2.05, 4.69) is 60.7 Å². The lowest BCUT2D eigenvalue weighted by Crippen LogP contribution is -2.01. The van der Waals surface area contributed by atoms with Crippen LogP contribution in [0.5, 0.6) is 0 Å². The summed E-state index contributed by atoms with van der Waals surface area (Å²) in [5, 5.41) is 4.54. The molecule has 6 aromatic carbocycles. The smallest absolute Gasteiger partial charge is 0.167 e. The topological polar surface area (TPSA) is 77.6 Å². The normalized spacial score (nSPS) is 11.4. The van der Waals surface area contributed by atoms with Crippen LogP contribution in [0.4, 0.5) is 0 Å². The molecule has 0 unspecified atom stereocenters. The van der Waals surface area contributed by atoms with Crippen LogP contribution in [0.2, 0.25) is 0 Å². The highest BCUT2D eigenvalue weighted by molar-refractivity contribution is 6.05. The van der Waals surface area contributed by atoms with Crippen molar-refractivity contribution in [2.45, 2.75) is 0 Å². The molecule has 0 aliphatic heterocycles. The minimum atomic E-state index is 0.507. The number of hydrogen-bond donors (Lipinski definition) is 0. The fourth-order valence-electron chi connectivity index (χ4n) is 6.01. The molecule has 9 rings (SSSR count). The van der Waals surface area contributed by atoms with E-state index in [9.17, 15) is 0 Å². The molecular formula is C41H25N5O. The maximum absolute atomic E-state index is 6.17. The highest BCUT2D eigenvalue weighted by atomic mass is 16.3. The molecule has 6 heteroatoms. The van der Waals surface area contributed by atoms with Crippen molar-refractivity contribution < 1.29 is 4.42 Å². The second kappa shape index (κ2) is 11.1. The Morgan fingerprint density at radius 2 is 0.936 bits per heavy atom. The molecule has 0 saturated heterocycles. The van der Waals surface area contributed by atoms with Crippen LogP contribution in [-0.4, -0.2) is 24.9 Å². The maximum Gasteiger partial charge on any atom is 0.167 e. The van der Waals surface area contributed by atoms with E-state index < -0.39 is 0 Å². The number of rotatable bonds is 5. The van der Waals surface area contributed by atoms with Crippen LogP contribution in [0.15, 0.2) is 156 Å². The number of aromatic nitrogens is 5. The molecule has 3 heterocycles. The van der Waals surface area contributed by atoms with Gasteiger partial charge in [0.1, 0.15) is 11.2 Å². The second-order valence-electron chi connectivity index (χ2n) is 11.4. The Bertz CT molecular complexity index is 2580. The summed E-state index contributed by atoms with van der Waals surface area (Å²) in [5.41, 5.74) is 7.27. The van der Waals surface area contributed by atoms with Crippen molar-refractivity contribution in [3.05, 3.63) is 152 Å². The van der Waals surface area contributed by atoms with Crippen LogP contribution in [0.3, 0.4) is 0 Å². The van der Waals surface area contributed by atoms with Gasteiger partial charge < -0.3 is 4.42 Å². The highest BCUT2D eigenvalue weighted by Gasteiger charge is 2.15. The summed E-state index contributed by atoms with van der Waals surface area (Å²) in [6, 6.07) is 47.2. The van der Waals surface area contributed by atoms with E-state index >= 15 is 0 Å². The third-order valence-electron chi connectivity index (χ3n) is 8.42. The minimum absolute atomic E-state index is 0.507. The SMILES string of the molecule is c1ccc(-c2nc(-c3cnc(-c4ccc5ccccc5c4)nc3)nc(-c3cccc(-c4ccc5c(c4)oc4ccccc45)c3)n2)cc1. The summed E-state index contributed by atoms with van der Waals surface area (Å²) in [6.07, 6.45) is 3.56. The summed E-state index contributed by atoms with van der Waals surface area (Å²) in [4.78, 5) is 24.1. The van der Waals surface area contributed by atoms with Crippen LogP contribution < -0.4 is 0 Å². The number of benzene rings is 6. The van der Waals surface area contributed by atoms with Crippen molar-refractivity contribution >= 4 is 32.7 Å². The lowest BCUT2D eigenvalue weighted by molar-refractivity contribution is 0.669. The van der Waals surface area contributed by atoms with E-state index in [1.165, 1.54) is 5.39 Å². The van der Waals surface area contributed by atoms with Crippen LogP contribution >= 0.6 is 0 Å². The molecule has 0 spiro atoms. The molecule has 0 amide bonds. The molecular weight excluding hydrogens is 578 g/mol. The molecule has 0 fully saturated rings. The summed E-state index contributed by atoms with van der Waals surface area (Å²) in [6.45, 7) is 0. The molecule has 0 radical (unpaired) electrons. The van der Waals surface area contributed by atoms with E-state index in [1.807, 2.05) is 78.9 Å². The van der Waals surface area contributed by atoms with Crippen LogP contribution in [0.25, 0.3) is 89.4 Å². The quantitative estimate of drug-likeness (QED) is 0.195. The van der Waals surface area contributed by atoms with Gasteiger partial charge >= 0.3 is 0 Å². The van der Waals surface area contributed by atoms with Gasteiger partial charge in [-0.15, -0.1) is 0 Å². The van der Waals surface area contributed by atoms with Crippen LogP contribution in [0.1, 0.15) is 0 Å². The Balaban J connectivity index is 1.11. The van der Waals surface area contributed by atoms with Crippen molar-refractivity contribution in [2.75, 3.05) is 0 Å².